The summed E-state index contributed by atoms with van der Waals surface area (Å²) in [6.45, 7) is 1.70. The van der Waals surface area contributed by atoms with Crippen LogP contribution in [0.2, 0.25) is 0 Å². The van der Waals surface area contributed by atoms with Gasteiger partial charge in [0.1, 0.15) is 5.82 Å². The van der Waals surface area contributed by atoms with Crippen LogP contribution in [0, 0.1) is 12.7 Å². The predicted octanol–water partition coefficient (Wildman–Crippen LogP) is 4.77. The summed E-state index contributed by atoms with van der Waals surface area (Å²) >= 11 is 0. The molecule has 0 bridgehead atoms. The Balaban J connectivity index is 2.21. The van der Waals surface area contributed by atoms with E-state index in [-0.39, 0.29) is 17.8 Å². The minimum atomic E-state index is -4.41. The second kappa shape index (κ2) is 5.53. The van der Waals surface area contributed by atoms with Crippen molar-refractivity contribution in [2.75, 3.05) is 5.32 Å². The molecular weight excluding hydrogens is 270 g/mol. The number of rotatable bonds is 3. The molecule has 20 heavy (non-hydrogen) atoms. The molecule has 0 aliphatic rings. The molecule has 5 heteroatoms. The average molecular weight is 283 g/mol. The van der Waals surface area contributed by atoms with Gasteiger partial charge in [-0.25, -0.2) is 4.39 Å². The second-order valence-electron chi connectivity index (χ2n) is 4.49. The van der Waals surface area contributed by atoms with E-state index in [1.807, 2.05) is 0 Å². The van der Waals surface area contributed by atoms with Gasteiger partial charge in [0.15, 0.2) is 0 Å². The normalized spacial score (nSPS) is 11.4. The minimum absolute atomic E-state index is 0.0842. The van der Waals surface area contributed by atoms with Crippen molar-refractivity contribution in [3.63, 3.8) is 0 Å². The van der Waals surface area contributed by atoms with Crippen molar-refractivity contribution in [3.05, 3.63) is 65.0 Å². The van der Waals surface area contributed by atoms with E-state index in [9.17, 15) is 17.6 Å². The lowest BCUT2D eigenvalue weighted by molar-refractivity contribution is -0.138. The molecule has 2 aromatic carbocycles. The third-order valence-electron chi connectivity index (χ3n) is 2.91. The van der Waals surface area contributed by atoms with Crippen LogP contribution in [-0.4, -0.2) is 0 Å². The minimum Gasteiger partial charge on any atom is -0.379 e. The third kappa shape index (κ3) is 3.29. The second-order valence-corrected chi connectivity index (χ2v) is 4.49. The summed E-state index contributed by atoms with van der Waals surface area (Å²) in [5.74, 6) is -0.486. The molecule has 0 saturated heterocycles. The molecule has 0 aliphatic carbocycles. The maximum Gasteiger partial charge on any atom is 0.416 e. The van der Waals surface area contributed by atoms with Crippen LogP contribution < -0.4 is 5.32 Å². The van der Waals surface area contributed by atoms with Gasteiger partial charge in [-0.3, -0.25) is 0 Å². The van der Waals surface area contributed by atoms with E-state index in [1.165, 1.54) is 24.3 Å². The fourth-order valence-electron chi connectivity index (χ4n) is 1.92. The molecule has 0 radical (unpaired) electrons. The van der Waals surface area contributed by atoms with Gasteiger partial charge >= 0.3 is 6.18 Å². The van der Waals surface area contributed by atoms with Crippen molar-refractivity contribution in [1.82, 2.24) is 0 Å². The Morgan fingerprint density at radius 2 is 1.75 bits per heavy atom. The first-order valence-corrected chi connectivity index (χ1v) is 6.03. The fourth-order valence-corrected chi connectivity index (χ4v) is 1.92. The zero-order valence-corrected chi connectivity index (χ0v) is 10.8. The van der Waals surface area contributed by atoms with E-state index in [0.717, 1.165) is 11.6 Å². The van der Waals surface area contributed by atoms with Crippen molar-refractivity contribution in [1.29, 1.82) is 0 Å². The summed E-state index contributed by atoms with van der Waals surface area (Å²) in [4.78, 5) is 0. The third-order valence-corrected chi connectivity index (χ3v) is 2.91. The quantitative estimate of drug-likeness (QED) is 0.800. The molecule has 2 aromatic rings. The fraction of sp³-hybridized carbons (Fsp3) is 0.200. The van der Waals surface area contributed by atoms with Crippen LogP contribution in [0.25, 0.3) is 0 Å². The highest BCUT2D eigenvalue weighted by Crippen LogP contribution is 2.32. The molecule has 0 spiro atoms. The zero-order chi connectivity index (χ0) is 14.8. The standard InChI is InChI=1S/C15H13F4N/c1-10-6-7-13(16)14(8-10)20-9-11-4-2-3-5-12(11)15(17,18)19/h2-8,20H,9H2,1H3. The van der Waals surface area contributed by atoms with Crippen LogP contribution >= 0.6 is 0 Å². The number of aryl methyl sites for hydroxylation is 1. The molecule has 1 N–H and O–H groups in total. The van der Waals surface area contributed by atoms with Gasteiger partial charge in [0.2, 0.25) is 0 Å². The average Bonchev–Trinajstić information content (AvgIpc) is 2.39. The van der Waals surface area contributed by atoms with E-state index in [1.54, 1.807) is 19.1 Å². The van der Waals surface area contributed by atoms with Crippen LogP contribution in [0.15, 0.2) is 42.5 Å². The number of halogens is 4. The molecular formula is C15H13F4N. The molecule has 2 rings (SSSR count). The van der Waals surface area contributed by atoms with Crippen LogP contribution in [-0.2, 0) is 12.7 Å². The molecule has 1 nitrogen and oxygen atoms in total. The van der Waals surface area contributed by atoms with Crippen LogP contribution in [0.4, 0.5) is 23.2 Å². The van der Waals surface area contributed by atoms with Crippen LogP contribution in [0.1, 0.15) is 16.7 Å². The Bertz CT molecular complexity index is 605. The Kier molecular flexibility index (Phi) is 3.97. The van der Waals surface area contributed by atoms with Gasteiger partial charge in [-0.15, -0.1) is 0 Å². The summed E-state index contributed by atoms with van der Waals surface area (Å²) in [5, 5.41) is 2.71. The Hall–Kier alpha value is -2.04. The highest BCUT2D eigenvalue weighted by atomic mass is 19.4. The zero-order valence-electron chi connectivity index (χ0n) is 10.8. The van der Waals surface area contributed by atoms with E-state index in [2.05, 4.69) is 5.32 Å². The first-order valence-electron chi connectivity index (χ1n) is 6.03. The van der Waals surface area contributed by atoms with Gasteiger partial charge in [-0.2, -0.15) is 13.2 Å². The predicted molar refractivity (Wildman–Crippen MR) is 69.9 cm³/mol. The Morgan fingerprint density at radius 1 is 1.05 bits per heavy atom. The largest absolute Gasteiger partial charge is 0.416 e. The molecule has 0 heterocycles. The first-order chi connectivity index (χ1) is 9.38. The number of benzene rings is 2. The van der Waals surface area contributed by atoms with Gasteiger partial charge in [0.05, 0.1) is 11.3 Å². The van der Waals surface area contributed by atoms with Crippen molar-refractivity contribution < 1.29 is 17.6 Å². The molecule has 0 amide bonds. The number of hydrogen-bond donors (Lipinski definition) is 1. The van der Waals surface area contributed by atoms with Crippen molar-refractivity contribution in [2.45, 2.75) is 19.6 Å². The highest BCUT2D eigenvalue weighted by molar-refractivity contribution is 5.48. The summed E-state index contributed by atoms with van der Waals surface area (Å²) in [6.07, 6.45) is -4.41. The van der Waals surface area contributed by atoms with Crippen LogP contribution in [0.5, 0.6) is 0 Å². The van der Waals surface area contributed by atoms with Crippen LogP contribution in [0.3, 0.4) is 0 Å². The number of alkyl halides is 3. The monoisotopic (exact) mass is 283 g/mol. The molecule has 0 aliphatic heterocycles. The van der Waals surface area contributed by atoms with Gasteiger partial charge < -0.3 is 5.32 Å². The Morgan fingerprint density at radius 3 is 2.45 bits per heavy atom. The lowest BCUT2D eigenvalue weighted by Crippen LogP contribution is -2.12. The Labute approximate surface area is 114 Å². The molecule has 0 saturated carbocycles. The SMILES string of the molecule is Cc1ccc(F)c(NCc2ccccc2C(F)(F)F)c1. The topological polar surface area (TPSA) is 12.0 Å². The maximum absolute atomic E-state index is 13.5. The lowest BCUT2D eigenvalue weighted by atomic mass is 10.1. The lowest BCUT2D eigenvalue weighted by Gasteiger charge is -2.14. The summed E-state index contributed by atoms with van der Waals surface area (Å²) in [7, 11) is 0. The van der Waals surface area contributed by atoms with E-state index < -0.39 is 17.6 Å². The molecule has 106 valence electrons. The van der Waals surface area contributed by atoms with Crippen molar-refractivity contribution in [3.8, 4) is 0 Å². The van der Waals surface area contributed by atoms with Gasteiger partial charge in [0.25, 0.3) is 0 Å². The van der Waals surface area contributed by atoms with E-state index in [4.69, 9.17) is 0 Å². The number of anilines is 1. The maximum atomic E-state index is 13.5. The van der Waals surface area contributed by atoms with E-state index in [0.29, 0.717) is 0 Å². The van der Waals surface area contributed by atoms with Gasteiger partial charge in [-0.05, 0) is 36.2 Å². The summed E-state index contributed by atoms with van der Waals surface area (Å²) < 4.78 is 52.0. The van der Waals surface area contributed by atoms with Crippen molar-refractivity contribution in [2.24, 2.45) is 0 Å². The molecule has 0 atom stereocenters. The highest BCUT2D eigenvalue weighted by Gasteiger charge is 2.32. The number of nitrogens with one attached hydrogen (secondary N) is 1. The van der Waals surface area contributed by atoms with E-state index >= 15 is 0 Å². The smallest absolute Gasteiger partial charge is 0.379 e. The summed E-state index contributed by atoms with van der Waals surface area (Å²) in [6, 6.07) is 9.70. The summed E-state index contributed by atoms with van der Waals surface area (Å²) in [5.41, 5.74) is 0.404. The van der Waals surface area contributed by atoms with Gasteiger partial charge in [0, 0.05) is 6.54 Å². The van der Waals surface area contributed by atoms with Gasteiger partial charge in [-0.1, -0.05) is 24.3 Å². The first kappa shape index (κ1) is 14.4. The molecule has 0 aromatic heterocycles. The number of hydrogen-bond acceptors (Lipinski definition) is 1. The molecule has 0 unspecified atom stereocenters. The molecule has 0 fully saturated rings. The van der Waals surface area contributed by atoms with Crippen molar-refractivity contribution >= 4 is 5.69 Å².